The molecule has 2 aromatic carbocycles. The van der Waals surface area contributed by atoms with E-state index in [1.165, 1.54) is 18.6 Å². The number of urea groups is 1. The maximum Gasteiger partial charge on any atom is 0.323 e. The van der Waals surface area contributed by atoms with Crippen LogP contribution in [0.4, 0.5) is 22.0 Å². The van der Waals surface area contributed by atoms with Crippen LogP contribution in [-0.2, 0) is 0 Å². The van der Waals surface area contributed by atoms with Gasteiger partial charge in [0.05, 0.1) is 21.7 Å². The molecule has 0 aliphatic carbocycles. The number of aromatic amines is 1. The van der Waals surface area contributed by atoms with Gasteiger partial charge < -0.3 is 21.4 Å². The van der Waals surface area contributed by atoms with E-state index in [4.69, 9.17) is 28.9 Å². The third-order valence-electron chi connectivity index (χ3n) is 4.30. The molecule has 8 nitrogen and oxygen atoms in total. The second kappa shape index (κ2) is 8.02. The topological polar surface area (TPSA) is 126 Å². The van der Waals surface area contributed by atoms with Gasteiger partial charge in [0.1, 0.15) is 17.8 Å². The van der Waals surface area contributed by atoms with Gasteiger partial charge in [0.15, 0.2) is 5.78 Å². The Morgan fingerprint density at radius 1 is 1.03 bits per heavy atom. The first-order chi connectivity index (χ1) is 14.4. The number of carbonyl (C=O) groups excluding carboxylic acids is 2. The SMILES string of the molecule is Nc1ncnc2[nH]cc(C(=O)c3cccc(NC(=O)Nc4cc(Cl)ccc4Cl)c3)c12. The standard InChI is InChI=1S/C20H14Cl2N6O2/c21-11-4-5-14(22)15(7-11)28-20(30)27-12-3-1-2-10(6-12)17(29)13-8-24-19-16(13)18(23)25-9-26-19/h1-9H,(H2,27,28,30)(H3,23,24,25,26). The second-order valence-electron chi connectivity index (χ2n) is 6.30. The number of ketones is 1. The first-order valence-electron chi connectivity index (χ1n) is 8.68. The number of H-pyrrole nitrogens is 1. The molecule has 4 rings (SSSR count). The number of anilines is 3. The Labute approximate surface area is 180 Å². The summed E-state index contributed by atoms with van der Waals surface area (Å²) in [5.74, 6) is -0.0821. The van der Waals surface area contributed by atoms with Gasteiger partial charge in [0.25, 0.3) is 0 Å². The van der Waals surface area contributed by atoms with Crippen molar-refractivity contribution in [2.24, 2.45) is 0 Å². The van der Waals surface area contributed by atoms with Gasteiger partial charge in [0, 0.05) is 22.5 Å². The van der Waals surface area contributed by atoms with E-state index >= 15 is 0 Å². The van der Waals surface area contributed by atoms with Crippen LogP contribution in [0.2, 0.25) is 10.0 Å². The smallest absolute Gasteiger partial charge is 0.323 e. The molecule has 2 heterocycles. The average Bonchev–Trinajstić information content (AvgIpc) is 3.16. The molecule has 10 heteroatoms. The van der Waals surface area contributed by atoms with Gasteiger partial charge in [-0.25, -0.2) is 14.8 Å². The Kier molecular flexibility index (Phi) is 5.26. The molecule has 4 aromatic rings. The van der Waals surface area contributed by atoms with Crippen LogP contribution in [0.1, 0.15) is 15.9 Å². The summed E-state index contributed by atoms with van der Waals surface area (Å²) in [5.41, 5.74) is 7.85. The van der Waals surface area contributed by atoms with Crippen molar-refractivity contribution in [3.05, 3.63) is 76.2 Å². The summed E-state index contributed by atoms with van der Waals surface area (Å²) in [7, 11) is 0. The van der Waals surface area contributed by atoms with Gasteiger partial charge in [-0.05, 0) is 30.3 Å². The van der Waals surface area contributed by atoms with Crippen LogP contribution in [0, 0.1) is 0 Å². The molecule has 0 radical (unpaired) electrons. The molecule has 0 unspecified atom stereocenters. The fourth-order valence-corrected chi connectivity index (χ4v) is 3.27. The van der Waals surface area contributed by atoms with E-state index in [2.05, 4.69) is 25.6 Å². The molecular formula is C20H14Cl2N6O2. The van der Waals surface area contributed by atoms with Gasteiger partial charge in [0.2, 0.25) is 0 Å². The van der Waals surface area contributed by atoms with Gasteiger partial charge in [-0.15, -0.1) is 0 Å². The van der Waals surface area contributed by atoms with Crippen molar-refractivity contribution in [3.8, 4) is 0 Å². The largest absolute Gasteiger partial charge is 0.383 e. The summed E-state index contributed by atoms with van der Waals surface area (Å²) in [5, 5.41) is 6.52. The van der Waals surface area contributed by atoms with E-state index in [-0.39, 0.29) is 11.6 Å². The van der Waals surface area contributed by atoms with E-state index in [1.807, 2.05) is 0 Å². The molecule has 0 bridgehead atoms. The number of rotatable bonds is 4. The Bertz CT molecular complexity index is 1290. The van der Waals surface area contributed by atoms with Crippen molar-refractivity contribution in [1.82, 2.24) is 15.0 Å². The number of hydrogen-bond acceptors (Lipinski definition) is 5. The fraction of sp³-hybridized carbons (Fsp3) is 0. The first-order valence-corrected chi connectivity index (χ1v) is 9.43. The summed E-state index contributed by atoms with van der Waals surface area (Å²) >= 11 is 12.0. The molecule has 0 saturated heterocycles. The molecular weight excluding hydrogens is 427 g/mol. The zero-order valence-corrected chi connectivity index (χ0v) is 16.8. The predicted molar refractivity (Wildman–Crippen MR) is 117 cm³/mol. The first kappa shape index (κ1) is 19.7. The fourth-order valence-electron chi connectivity index (χ4n) is 2.94. The lowest BCUT2D eigenvalue weighted by Crippen LogP contribution is -2.19. The van der Waals surface area contributed by atoms with Crippen molar-refractivity contribution < 1.29 is 9.59 Å². The molecule has 0 spiro atoms. The Morgan fingerprint density at radius 3 is 2.70 bits per heavy atom. The van der Waals surface area contributed by atoms with Gasteiger partial charge in [-0.3, -0.25) is 4.79 Å². The molecule has 0 atom stereocenters. The number of nitrogen functional groups attached to an aromatic ring is 1. The molecule has 2 amide bonds. The minimum absolute atomic E-state index is 0.205. The number of aromatic nitrogens is 3. The van der Waals surface area contributed by atoms with E-state index in [0.29, 0.717) is 43.6 Å². The van der Waals surface area contributed by atoms with Crippen LogP contribution < -0.4 is 16.4 Å². The molecule has 0 saturated carbocycles. The van der Waals surface area contributed by atoms with Crippen molar-refractivity contribution in [2.45, 2.75) is 0 Å². The molecule has 0 aliphatic heterocycles. The lowest BCUT2D eigenvalue weighted by Gasteiger charge is -2.10. The van der Waals surface area contributed by atoms with Crippen LogP contribution >= 0.6 is 23.2 Å². The van der Waals surface area contributed by atoms with Crippen LogP contribution in [-0.4, -0.2) is 26.8 Å². The number of halogens is 2. The summed E-state index contributed by atoms with van der Waals surface area (Å²) in [6.45, 7) is 0. The zero-order valence-electron chi connectivity index (χ0n) is 15.2. The number of amides is 2. The Balaban J connectivity index is 1.56. The number of nitrogens with two attached hydrogens (primary N) is 1. The van der Waals surface area contributed by atoms with Crippen molar-refractivity contribution in [1.29, 1.82) is 0 Å². The Hall–Kier alpha value is -3.62. The quantitative estimate of drug-likeness (QED) is 0.341. The van der Waals surface area contributed by atoms with E-state index < -0.39 is 6.03 Å². The summed E-state index contributed by atoms with van der Waals surface area (Å²) in [6, 6.07) is 10.7. The normalized spacial score (nSPS) is 10.7. The van der Waals surface area contributed by atoms with Crippen LogP contribution in [0.5, 0.6) is 0 Å². The zero-order chi connectivity index (χ0) is 21.3. The van der Waals surface area contributed by atoms with Crippen LogP contribution in [0.3, 0.4) is 0 Å². The van der Waals surface area contributed by atoms with Gasteiger partial charge in [-0.1, -0.05) is 35.3 Å². The number of benzene rings is 2. The minimum atomic E-state index is -0.534. The summed E-state index contributed by atoms with van der Waals surface area (Å²) < 4.78 is 0. The third-order valence-corrected chi connectivity index (χ3v) is 4.87. The van der Waals surface area contributed by atoms with Crippen molar-refractivity contribution >= 4 is 63.2 Å². The highest BCUT2D eigenvalue weighted by Gasteiger charge is 2.18. The maximum absolute atomic E-state index is 13.0. The number of hydrogen-bond donors (Lipinski definition) is 4. The maximum atomic E-state index is 13.0. The van der Waals surface area contributed by atoms with E-state index in [9.17, 15) is 9.59 Å². The summed E-state index contributed by atoms with van der Waals surface area (Å²) in [6.07, 6.45) is 2.85. The van der Waals surface area contributed by atoms with Gasteiger partial charge in [-0.2, -0.15) is 0 Å². The van der Waals surface area contributed by atoms with Crippen molar-refractivity contribution in [3.63, 3.8) is 0 Å². The molecule has 2 aromatic heterocycles. The minimum Gasteiger partial charge on any atom is -0.383 e. The number of nitrogens with zero attached hydrogens (tertiary/aromatic N) is 2. The van der Waals surface area contributed by atoms with Crippen LogP contribution in [0.15, 0.2) is 55.0 Å². The number of nitrogens with one attached hydrogen (secondary N) is 3. The predicted octanol–water partition coefficient (Wildman–Crippen LogP) is 4.72. The molecule has 150 valence electrons. The lowest BCUT2D eigenvalue weighted by molar-refractivity contribution is 0.104. The van der Waals surface area contributed by atoms with Gasteiger partial charge >= 0.3 is 6.03 Å². The highest BCUT2D eigenvalue weighted by Crippen LogP contribution is 2.26. The summed E-state index contributed by atoms with van der Waals surface area (Å²) in [4.78, 5) is 36.2. The lowest BCUT2D eigenvalue weighted by atomic mass is 10.0. The average molecular weight is 441 g/mol. The monoisotopic (exact) mass is 440 g/mol. The molecule has 30 heavy (non-hydrogen) atoms. The molecule has 0 aliphatic rings. The second-order valence-corrected chi connectivity index (χ2v) is 7.14. The van der Waals surface area contributed by atoms with Crippen molar-refractivity contribution in [2.75, 3.05) is 16.4 Å². The Morgan fingerprint density at radius 2 is 1.87 bits per heavy atom. The number of fused-ring (bicyclic) bond motifs is 1. The third kappa shape index (κ3) is 3.91. The molecule has 5 N–H and O–H groups in total. The molecule has 0 fully saturated rings. The van der Waals surface area contributed by atoms with E-state index in [0.717, 1.165) is 0 Å². The van der Waals surface area contributed by atoms with Crippen LogP contribution in [0.25, 0.3) is 11.0 Å². The highest BCUT2D eigenvalue weighted by molar-refractivity contribution is 6.35. The number of carbonyl (C=O) groups is 2. The highest BCUT2D eigenvalue weighted by atomic mass is 35.5. The van der Waals surface area contributed by atoms with E-state index in [1.54, 1.807) is 36.4 Å².